The van der Waals surface area contributed by atoms with Crippen LogP contribution in [0.3, 0.4) is 0 Å². The SMILES string of the molecule is Cc1cccc(NC(=S)Nc2cc(C)n(Cc3c(F)cccc3Cl)n2)c1C. The zero-order valence-corrected chi connectivity index (χ0v) is 16.9. The molecule has 3 rings (SSSR count). The Labute approximate surface area is 168 Å². The molecule has 0 saturated carbocycles. The summed E-state index contributed by atoms with van der Waals surface area (Å²) in [4.78, 5) is 0. The third-order valence-corrected chi connectivity index (χ3v) is 5.00. The van der Waals surface area contributed by atoms with Crippen LogP contribution in [0.15, 0.2) is 42.5 Å². The summed E-state index contributed by atoms with van der Waals surface area (Å²) in [7, 11) is 0. The molecule has 0 aliphatic rings. The molecule has 27 heavy (non-hydrogen) atoms. The third-order valence-electron chi connectivity index (χ3n) is 4.45. The second-order valence-corrected chi connectivity index (χ2v) is 7.17. The Balaban J connectivity index is 1.73. The first-order chi connectivity index (χ1) is 12.8. The van der Waals surface area contributed by atoms with Gasteiger partial charge in [-0.2, -0.15) is 5.10 Å². The van der Waals surface area contributed by atoms with Crippen LogP contribution in [0.2, 0.25) is 5.02 Å². The van der Waals surface area contributed by atoms with E-state index in [1.54, 1.807) is 16.8 Å². The zero-order chi connectivity index (χ0) is 19.6. The molecule has 0 unspecified atom stereocenters. The molecular weight excluding hydrogens is 383 g/mol. The first-order valence-corrected chi connectivity index (χ1v) is 9.25. The van der Waals surface area contributed by atoms with Gasteiger partial charge in [0.25, 0.3) is 0 Å². The van der Waals surface area contributed by atoms with Crippen molar-refractivity contribution in [3.05, 3.63) is 75.7 Å². The van der Waals surface area contributed by atoms with Crippen molar-refractivity contribution < 1.29 is 4.39 Å². The Hall–Kier alpha value is -2.44. The first kappa shape index (κ1) is 19.3. The summed E-state index contributed by atoms with van der Waals surface area (Å²) in [6.07, 6.45) is 0. The molecule has 0 bridgehead atoms. The zero-order valence-electron chi connectivity index (χ0n) is 15.3. The number of thiocarbonyl (C=S) groups is 1. The number of halogens is 2. The summed E-state index contributed by atoms with van der Waals surface area (Å²) in [6, 6.07) is 12.5. The van der Waals surface area contributed by atoms with Gasteiger partial charge in [0.05, 0.1) is 6.54 Å². The summed E-state index contributed by atoms with van der Waals surface area (Å²) in [5, 5.41) is 11.5. The molecule has 7 heteroatoms. The van der Waals surface area contributed by atoms with Crippen LogP contribution >= 0.6 is 23.8 Å². The number of aromatic nitrogens is 2. The lowest BCUT2D eigenvalue weighted by Crippen LogP contribution is -2.20. The maximum atomic E-state index is 14.0. The summed E-state index contributed by atoms with van der Waals surface area (Å²) in [5.74, 6) is 0.238. The van der Waals surface area contributed by atoms with E-state index < -0.39 is 0 Å². The Kier molecular flexibility index (Phi) is 5.77. The second kappa shape index (κ2) is 8.06. The standard InChI is InChI=1S/C20H20ClFN4S/c1-12-6-4-9-18(14(12)3)23-20(27)24-19-10-13(2)26(25-19)11-15-16(21)7-5-8-17(15)22/h4-10H,11H2,1-3H3,(H2,23,24,25,27). The molecule has 1 heterocycles. The highest BCUT2D eigenvalue weighted by atomic mass is 35.5. The molecule has 0 spiro atoms. The van der Waals surface area contributed by atoms with E-state index >= 15 is 0 Å². The highest BCUT2D eigenvalue weighted by molar-refractivity contribution is 7.80. The van der Waals surface area contributed by atoms with Crippen LogP contribution in [-0.2, 0) is 6.54 Å². The lowest BCUT2D eigenvalue weighted by atomic mass is 10.1. The lowest BCUT2D eigenvalue weighted by molar-refractivity contribution is 0.581. The van der Waals surface area contributed by atoms with Gasteiger partial charge in [0, 0.05) is 28.0 Å². The van der Waals surface area contributed by atoms with Gasteiger partial charge < -0.3 is 10.6 Å². The molecule has 0 aliphatic heterocycles. The van der Waals surface area contributed by atoms with Crippen LogP contribution in [-0.4, -0.2) is 14.9 Å². The molecule has 3 aromatic rings. The monoisotopic (exact) mass is 402 g/mol. The predicted molar refractivity (Wildman–Crippen MR) is 113 cm³/mol. The first-order valence-electron chi connectivity index (χ1n) is 8.46. The largest absolute Gasteiger partial charge is 0.332 e. The third kappa shape index (κ3) is 4.46. The molecule has 0 aliphatic carbocycles. The highest BCUT2D eigenvalue weighted by Crippen LogP contribution is 2.22. The second-order valence-electron chi connectivity index (χ2n) is 6.36. The quantitative estimate of drug-likeness (QED) is 0.569. The molecule has 0 radical (unpaired) electrons. The average molecular weight is 403 g/mol. The van der Waals surface area contributed by atoms with E-state index in [1.807, 2.05) is 32.0 Å². The minimum atomic E-state index is -0.348. The fourth-order valence-corrected chi connectivity index (χ4v) is 3.16. The predicted octanol–water partition coefficient (Wildman–Crippen LogP) is 5.46. The van der Waals surface area contributed by atoms with Gasteiger partial charge in [0.1, 0.15) is 5.82 Å². The fraction of sp³-hybridized carbons (Fsp3) is 0.200. The molecular formula is C20H20ClFN4S. The van der Waals surface area contributed by atoms with Crippen molar-refractivity contribution in [2.45, 2.75) is 27.3 Å². The van der Waals surface area contributed by atoms with E-state index in [0.717, 1.165) is 16.9 Å². The summed E-state index contributed by atoms with van der Waals surface area (Å²) < 4.78 is 15.7. The molecule has 2 N–H and O–H groups in total. The number of anilines is 2. The molecule has 0 atom stereocenters. The van der Waals surface area contributed by atoms with Gasteiger partial charge in [-0.15, -0.1) is 0 Å². The number of nitrogens with one attached hydrogen (secondary N) is 2. The van der Waals surface area contributed by atoms with Gasteiger partial charge in [-0.25, -0.2) is 4.39 Å². The van der Waals surface area contributed by atoms with Gasteiger partial charge in [0.2, 0.25) is 0 Å². The van der Waals surface area contributed by atoms with E-state index in [2.05, 4.69) is 28.7 Å². The summed E-state index contributed by atoms with van der Waals surface area (Å²) >= 11 is 11.5. The van der Waals surface area contributed by atoms with E-state index in [0.29, 0.717) is 21.5 Å². The molecule has 0 saturated heterocycles. The summed E-state index contributed by atoms with van der Waals surface area (Å²) in [5.41, 5.74) is 4.54. The van der Waals surface area contributed by atoms with E-state index in [1.165, 1.54) is 11.6 Å². The van der Waals surface area contributed by atoms with Crippen molar-refractivity contribution in [3.8, 4) is 0 Å². The number of benzene rings is 2. The highest BCUT2D eigenvalue weighted by Gasteiger charge is 2.12. The van der Waals surface area contributed by atoms with Crippen molar-refractivity contribution in [1.29, 1.82) is 0 Å². The topological polar surface area (TPSA) is 41.9 Å². The van der Waals surface area contributed by atoms with Crippen molar-refractivity contribution in [3.63, 3.8) is 0 Å². The van der Waals surface area contributed by atoms with Crippen molar-refractivity contribution >= 4 is 40.4 Å². The van der Waals surface area contributed by atoms with E-state index in [9.17, 15) is 4.39 Å². The molecule has 0 amide bonds. The van der Waals surface area contributed by atoms with E-state index in [4.69, 9.17) is 23.8 Å². The fourth-order valence-electron chi connectivity index (χ4n) is 2.72. The Bertz CT molecular complexity index is 979. The van der Waals surface area contributed by atoms with Crippen LogP contribution < -0.4 is 10.6 Å². The molecule has 4 nitrogen and oxygen atoms in total. The van der Waals surface area contributed by atoms with Crippen molar-refractivity contribution in [1.82, 2.24) is 9.78 Å². The maximum Gasteiger partial charge on any atom is 0.176 e. The Morgan fingerprint density at radius 1 is 1.15 bits per heavy atom. The molecule has 0 fully saturated rings. The van der Waals surface area contributed by atoms with Gasteiger partial charge in [-0.3, -0.25) is 4.68 Å². The van der Waals surface area contributed by atoms with Crippen LogP contribution in [0.5, 0.6) is 0 Å². The number of hydrogen-bond donors (Lipinski definition) is 2. The van der Waals surface area contributed by atoms with Gasteiger partial charge in [-0.1, -0.05) is 29.8 Å². The minimum Gasteiger partial charge on any atom is -0.332 e. The number of hydrogen-bond acceptors (Lipinski definition) is 2. The van der Waals surface area contributed by atoms with Crippen LogP contribution in [0.25, 0.3) is 0 Å². The van der Waals surface area contributed by atoms with Crippen LogP contribution in [0, 0.1) is 26.6 Å². The van der Waals surface area contributed by atoms with Crippen molar-refractivity contribution in [2.24, 2.45) is 0 Å². The summed E-state index contributed by atoms with van der Waals surface area (Å²) in [6.45, 7) is 6.23. The van der Waals surface area contributed by atoms with Crippen LogP contribution in [0.1, 0.15) is 22.4 Å². The lowest BCUT2D eigenvalue weighted by Gasteiger charge is -2.12. The van der Waals surface area contributed by atoms with Crippen LogP contribution in [0.4, 0.5) is 15.9 Å². The smallest absolute Gasteiger partial charge is 0.176 e. The Morgan fingerprint density at radius 3 is 2.63 bits per heavy atom. The van der Waals surface area contributed by atoms with Gasteiger partial charge in [0.15, 0.2) is 10.9 Å². The molecule has 2 aromatic carbocycles. The minimum absolute atomic E-state index is 0.246. The average Bonchev–Trinajstić information content (AvgIpc) is 2.94. The number of nitrogens with zero attached hydrogens (tertiary/aromatic N) is 2. The van der Waals surface area contributed by atoms with Gasteiger partial charge >= 0.3 is 0 Å². The molecule has 140 valence electrons. The number of aryl methyl sites for hydroxylation is 2. The number of rotatable bonds is 4. The van der Waals surface area contributed by atoms with E-state index in [-0.39, 0.29) is 12.4 Å². The maximum absolute atomic E-state index is 14.0. The molecule has 1 aromatic heterocycles. The van der Waals surface area contributed by atoms with Gasteiger partial charge in [-0.05, 0) is 62.3 Å². The Morgan fingerprint density at radius 2 is 1.89 bits per heavy atom. The normalized spacial score (nSPS) is 10.7. The van der Waals surface area contributed by atoms with Crippen molar-refractivity contribution in [2.75, 3.05) is 10.6 Å².